The number of nitrogen functional groups attached to an aromatic ring is 1. The molecule has 1 amide bonds. The lowest BCUT2D eigenvalue weighted by atomic mass is 10.1. The second kappa shape index (κ2) is 7.21. The van der Waals surface area contributed by atoms with Crippen molar-refractivity contribution in [3.8, 4) is 17.1 Å². The van der Waals surface area contributed by atoms with Crippen molar-refractivity contribution in [2.75, 3.05) is 5.73 Å². The van der Waals surface area contributed by atoms with Crippen molar-refractivity contribution in [2.45, 2.75) is 25.8 Å². The van der Waals surface area contributed by atoms with Crippen LogP contribution < -0.4 is 11.1 Å². The summed E-state index contributed by atoms with van der Waals surface area (Å²) in [6.07, 6.45) is 5.23. The van der Waals surface area contributed by atoms with Crippen LogP contribution in [0.3, 0.4) is 0 Å². The van der Waals surface area contributed by atoms with Gasteiger partial charge in [-0.25, -0.2) is 15.0 Å². The lowest BCUT2D eigenvalue weighted by Crippen LogP contribution is -2.24. The van der Waals surface area contributed by atoms with Gasteiger partial charge in [0.1, 0.15) is 11.3 Å². The number of nitrogens with two attached hydrogens (primary N) is 1. The summed E-state index contributed by atoms with van der Waals surface area (Å²) in [6, 6.07) is 12.0. The summed E-state index contributed by atoms with van der Waals surface area (Å²) >= 11 is 3.48. The minimum Gasteiger partial charge on any atom is -0.383 e. The van der Waals surface area contributed by atoms with E-state index in [1.807, 2.05) is 28.8 Å². The summed E-state index contributed by atoms with van der Waals surface area (Å²) in [6.45, 7) is 1.55. The average molecular weight is 463 g/mol. The number of benzene rings is 1. The fraction of sp³-hybridized carbons (Fsp3) is 0.182. The first-order chi connectivity index (χ1) is 14.5. The van der Waals surface area contributed by atoms with Crippen molar-refractivity contribution in [1.29, 1.82) is 0 Å². The van der Waals surface area contributed by atoms with Gasteiger partial charge in [-0.05, 0) is 70.2 Å². The fourth-order valence-electron chi connectivity index (χ4n) is 4.11. The topological polar surface area (TPSA) is 98.7 Å². The third-order valence-electron chi connectivity index (χ3n) is 5.38. The number of amides is 1. The van der Waals surface area contributed by atoms with Gasteiger partial charge in [0.2, 0.25) is 5.91 Å². The van der Waals surface area contributed by atoms with E-state index in [9.17, 15) is 4.79 Å². The minimum atomic E-state index is -0.0124. The maximum absolute atomic E-state index is 11.5. The molecule has 30 heavy (non-hydrogen) atoms. The molecule has 5 rings (SSSR count). The number of hydrogen-bond acceptors (Lipinski definition) is 5. The van der Waals surface area contributed by atoms with Crippen LogP contribution in [-0.4, -0.2) is 25.4 Å². The van der Waals surface area contributed by atoms with Gasteiger partial charge in [0.25, 0.3) is 0 Å². The Bertz CT molecular complexity index is 1300. The van der Waals surface area contributed by atoms with Crippen LogP contribution in [0.4, 0.5) is 5.82 Å². The van der Waals surface area contributed by atoms with Crippen molar-refractivity contribution < 1.29 is 4.79 Å². The average Bonchev–Trinajstić information content (AvgIpc) is 3.28. The SMILES string of the molecule is CC(=O)NC1CCc2cc(-n3c(-c4cccnc4N)nc4cc(Br)cnc43)ccc21. The van der Waals surface area contributed by atoms with Gasteiger partial charge in [-0.2, -0.15) is 0 Å². The molecular formula is C22H19BrN6O. The lowest BCUT2D eigenvalue weighted by molar-refractivity contribution is -0.119. The van der Waals surface area contributed by atoms with E-state index < -0.39 is 0 Å². The molecular weight excluding hydrogens is 444 g/mol. The second-order valence-corrected chi connectivity index (χ2v) is 8.29. The summed E-state index contributed by atoms with van der Waals surface area (Å²) in [4.78, 5) is 25.2. The zero-order chi connectivity index (χ0) is 20.8. The Hall–Kier alpha value is -3.26. The maximum Gasteiger partial charge on any atom is 0.217 e. The van der Waals surface area contributed by atoms with Crippen molar-refractivity contribution in [1.82, 2.24) is 24.8 Å². The predicted molar refractivity (Wildman–Crippen MR) is 119 cm³/mol. The molecule has 1 aliphatic carbocycles. The summed E-state index contributed by atoms with van der Waals surface area (Å²) in [5, 5.41) is 3.03. The molecule has 1 atom stereocenters. The number of hydrogen-bond donors (Lipinski definition) is 2. The Morgan fingerprint density at radius 1 is 1.27 bits per heavy atom. The summed E-state index contributed by atoms with van der Waals surface area (Å²) < 4.78 is 2.87. The molecule has 3 N–H and O–H groups in total. The molecule has 150 valence electrons. The molecule has 4 aromatic rings. The van der Waals surface area contributed by atoms with Crippen LogP contribution in [0, 0.1) is 0 Å². The van der Waals surface area contributed by atoms with Crippen LogP contribution in [-0.2, 0) is 11.2 Å². The van der Waals surface area contributed by atoms with Crippen LogP contribution in [0.1, 0.15) is 30.5 Å². The van der Waals surface area contributed by atoms with Crippen LogP contribution in [0.15, 0.2) is 53.3 Å². The highest BCUT2D eigenvalue weighted by Gasteiger charge is 2.25. The molecule has 1 aromatic carbocycles. The Kier molecular flexibility index (Phi) is 4.51. The standard InChI is InChI=1S/C22H19BrN6O/c1-12(30)27-18-7-4-13-9-15(5-6-16(13)18)29-21(17-3-2-8-25-20(17)24)28-19-10-14(23)11-26-22(19)29/h2-3,5-6,8-11,18H,4,7H2,1H3,(H2,24,25)(H,27,30). The molecule has 1 aliphatic rings. The summed E-state index contributed by atoms with van der Waals surface area (Å²) in [7, 11) is 0. The number of carbonyl (C=O) groups is 1. The number of aromatic nitrogens is 4. The summed E-state index contributed by atoms with van der Waals surface area (Å²) in [5.74, 6) is 1.10. The van der Waals surface area contributed by atoms with E-state index in [0.717, 1.165) is 45.3 Å². The molecule has 1 unspecified atom stereocenters. The molecule has 0 aliphatic heterocycles. The zero-order valence-electron chi connectivity index (χ0n) is 16.3. The molecule has 0 fully saturated rings. The molecule has 3 heterocycles. The first-order valence-electron chi connectivity index (χ1n) is 9.66. The van der Waals surface area contributed by atoms with E-state index in [1.54, 1.807) is 19.3 Å². The van der Waals surface area contributed by atoms with E-state index in [-0.39, 0.29) is 11.9 Å². The molecule has 8 heteroatoms. The molecule has 0 saturated heterocycles. The van der Waals surface area contributed by atoms with Gasteiger partial charge in [0.05, 0.1) is 11.6 Å². The van der Waals surface area contributed by atoms with Crippen molar-refractivity contribution >= 4 is 38.8 Å². The van der Waals surface area contributed by atoms with Gasteiger partial charge in [0.15, 0.2) is 11.5 Å². The molecule has 0 radical (unpaired) electrons. The second-order valence-electron chi connectivity index (χ2n) is 7.38. The highest BCUT2D eigenvalue weighted by molar-refractivity contribution is 9.10. The third-order valence-corrected chi connectivity index (χ3v) is 5.82. The molecule has 3 aromatic heterocycles. The van der Waals surface area contributed by atoms with Gasteiger partial charge in [0, 0.05) is 29.5 Å². The Labute approximate surface area is 181 Å². The van der Waals surface area contributed by atoms with Gasteiger partial charge in [-0.15, -0.1) is 0 Å². The van der Waals surface area contributed by atoms with E-state index in [2.05, 4.69) is 43.3 Å². The van der Waals surface area contributed by atoms with Crippen molar-refractivity contribution in [3.05, 3.63) is 64.4 Å². The number of halogens is 1. The number of aryl methyl sites for hydroxylation is 1. The van der Waals surface area contributed by atoms with E-state index in [1.165, 1.54) is 5.56 Å². The fourth-order valence-corrected chi connectivity index (χ4v) is 4.43. The van der Waals surface area contributed by atoms with Crippen LogP contribution in [0.5, 0.6) is 0 Å². The van der Waals surface area contributed by atoms with E-state index in [0.29, 0.717) is 11.6 Å². The Morgan fingerprint density at radius 3 is 2.93 bits per heavy atom. The minimum absolute atomic E-state index is 0.0124. The third kappa shape index (κ3) is 3.13. The predicted octanol–water partition coefficient (Wildman–Crippen LogP) is 3.95. The number of carbonyl (C=O) groups excluding carboxylic acids is 1. The maximum atomic E-state index is 11.5. The van der Waals surface area contributed by atoms with Crippen LogP contribution in [0.2, 0.25) is 0 Å². The number of anilines is 1. The highest BCUT2D eigenvalue weighted by atomic mass is 79.9. The van der Waals surface area contributed by atoms with Crippen molar-refractivity contribution in [3.63, 3.8) is 0 Å². The van der Waals surface area contributed by atoms with Crippen LogP contribution >= 0.6 is 15.9 Å². The Balaban J connectivity index is 1.70. The molecule has 7 nitrogen and oxygen atoms in total. The quantitative estimate of drug-likeness (QED) is 0.480. The number of rotatable bonds is 3. The van der Waals surface area contributed by atoms with Crippen LogP contribution in [0.25, 0.3) is 28.2 Å². The number of fused-ring (bicyclic) bond motifs is 2. The molecule has 0 saturated carbocycles. The van der Waals surface area contributed by atoms with E-state index >= 15 is 0 Å². The number of nitrogens with one attached hydrogen (secondary N) is 1. The largest absolute Gasteiger partial charge is 0.383 e. The monoisotopic (exact) mass is 462 g/mol. The van der Waals surface area contributed by atoms with E-state index in [4.69, 9.17) is 10.7 Å². The lowest BCUT2D eigenvalue weighted by Gasteiger charge is -2.14. The van der Waals surface area contributed by atoms with Gasteiger partial charge in [-0.3, -0.25) is 9.36 Å². The molecule has 0 spiro atoms. The van der Waals surface area contributed by atoms with Gasteiger partial charge < -0.3 is 11.1 Å². The number of nitrogens with zero attached hydrogens (tertiary/aromatic N) is 4. The molecule has 0 bridgehead atoms. The normalized spacial score (nSPS) is 15.3. The number of imidazole rings is 1. The Morgan fingerprint density at radius 2 is 2.13 bits per heavy atom. The van der Waals surface area contributed by atoms with Gasteiger partial charge in [-0.1, -0.05) is 6.07 Å². The van der Waals surface area contributed by atoms with Crippen molar-refractivity contribution in [2.24, 2.45) is 0 Å². The van der Waals surface area contributed by atoms with Gasteiger partial charge >= 0.3 is 0 Å². The first kappa shape index (κ1) is 18.7. The smallest absolute Gasteiger partial charge is 0.217 e. The zero-order valence-corrected chi connectivity index (χ0v) is 17.8. The summed E-state index contributed by atoms with van der Waals surface area (Å²) in [5.41, 5.74) is 11.8. The number of pyridine rings is 2. The first-order valence-corrected chi connectivity index (χ1v) is 10.5. The highest BCUT2D eigenvalue weighted by Crippen LogP contribution is 2.35.